The zero-order valence-corrected chi connectivity index (χ0v) is 14.4. The van der Waals surface area contributed by atoms with E-state index < -0.39 is 6.10 Å². The number of hydrogen-bond donors (Lipinski definition) is 1. The fraction of sp³-hybridized carbons (Fsp3) is 0.529. The molecule has 0 spiro atoms. The molecule has 0 bridgehead atoms. The normalized spacial score (nSPS) is 18.2. The summed E-state index contributed by atoms with van der Waals surface area (Å²) in [5.74, 6) is 1.16. The maximum Gasteiger partial charge on any atom is 0.169 e. The summed E-state index contributed by atoms with van der Waals surface area (Å²) in [6.45, 7) is 4.43. The van der Waals surface area contributed by atoms with E-state index in [1.165, 1.54) is 16.9 Å². The van der Waals surface area contributed by atoms with Gasteiger partial charge in [0, 0.05) is 26.0 Å². The molecule has 0 radical (unpaired) electrons. The Morgan fingerprint density at radius 1 is 1.48 bits per heavy atom. The minimum atomic E-state index is -0.484. The van der Waals surface area contributed by atoms with E-state index in [1.807, 2.05) is 23.9 Å². The van der Waals surface area contributed by atoms with E-state index in [2.05, 4.69) is 15.3 Å². The molecular weight excluding hydrogens is 310 g/mol. The lowest BCUT2D eigenvalue weighted by Crippen LogP contribution is -2.35. The molecule has 0 aliphatic carbocycles. The number of carbonyl (C=O) groups excluding carboxylic acids is 1. The van der Waals surface area contributed by atoms with Gasteiger partial charge in [-0.2, -0.15) is 0 Å². The number of carbonyl (C=O) groups is 1. The SMILES string of the molecule is CC(=O)c1cc(CN2CCC([C@H](O)c3nccn3C)CC2)cs1. The second-order valence-electron chi connectivity index (χ2n) is 6.33. The maximum atomic E-state index is 11.4. The van der Waals surface area contributed by atoms with Crippen molar-refractivity contribution in [1.29, 1.82) is 0 Å². The summed E-state index contributed by atoms with van der Waals surface area (Å²) in [7, 11) is 1.92. The topological polar surface area (TPSA) is 58.4 Å². The van der Waals surface area contributed by atoms with Crippen molar-refractivity contribution in [2.45, 2.75) is 32.4 Å². The summed E-state index contributed by atoms with van der Waals surface area (Å²) in [5.41, 5.74) is 1.21. The van der Waals surface area contributed by atoms with Crippen LogP contribution in [0.5, 0.6) is 0 Å². The molecule has 0 amide bonds. The number of aryl methyl sites for hydroxylation is 1. The van der Waals surface area contributed by atoms with Crippen LogP contribution < -0.4 is 0 Å². The molecule has 23 heavy (non-hydrogen) atoms. The Morgan fingerprint density at radius 2 is 2.22 bits per heavy atom. The molecule has 1 aliphatic rings. The molecular formula is C17H23N3O2S. The predicted molar refractivity (Wildman–Crippen MR) is 90.5 cm³/mol. The van der Waals surface area contributed by atoms with Gasteiger partial charge in [0.25, 0.3) is 0 Å². The van der Waals surface area contributed by atoms with Gasteiger partial charge in [-0.3, -0.25) is 9.69 Å². The minimum absolute atomic E-state index is 0.137. The van der Waals surface area contributed by atoms with Crippen LogP contribution in [0.2, 0.25) is 0 Å². The van der Waals surface area contributed by atoms with Gasteiger partial charge in [-0.1, -0.05) is 0 Å². The third-order valence-electron chi connectivity index (χ3n) is 4.61. The van der Waals surface area contributed by atoms with Gasteiger partial charge >= 0.3 is 0 Å². The van der Waals surface area contributed by atoms with Crippen molar-refractivity contribution < 1.29 is 9.90 Å². The van der Waals surface area contributed by atoms with Crippen LogP contribution in [-0.4, -0.2) is 38.4 Å². The number of aliphatic hydroxyl groups is 1. The first-order chi connectivity index (χ1) is 11.0. The molecule has 0 aromatic carbocycles. The standard InChI is InChI=1S/C17H23N3O2S/c1-12(21)15-9-13(11-23-15)10-20-6-3-14(4-7-20)16(22)17-18-5-8-19(17)2/h5,8-9,11,14,16,22H,3-4,6-7,10H2,1-2H3/t16-/m0/s1. The number of likely N-dealkylation sites (tertiary alicyclic amines) is 1. The number of imidazole rings is 1. The van der Waals surface area contributed by atoms with Gasteiger partial charge in [0.1, 0.15) is 11.9 Å². The lowest BCUT2D eigenvalue weighted by molar-refractivity contribution is 0.0492. The molecule has 3 rings (SSSR count). The number of hydrogen-bond acceptors (Lipinski definition) is 5. The van der Waals surface area contributed by atoms with Gasteiger partial charge in [0.2, 0.25) is 0 Å². The number of nitrogens with zero attached hydrogens (tertiary/aromatic N) is 3. The average molecular weight is 333 g/mol. The van der Waals surface area contributed by atoms with Crippen molar-refractivity contribution >= 4 is 17.1 Å². The van der Waals surface area contributed by atoms with Crippen LogP contribution in [-0.2, 0) is 13.6 Å². The van der Waals surface area contributed by atoms with Gasteiger partial charge in [-0.05, 0) is 55.8 Å². The van der Waals surface area contributed by atoms with Gasteiger partial charge in [-0.25, -0.2) is 4.98 Å². The van der Waals surface area contributed by atoms with Crippen molar-refractivity contribution in [3.63, 3.8) is 0 Å². The van der Waals surface area contributed by atoms with Crippen LogP contribution in [0.1, 0.15) is 46.9 Å². The third kappa shape index (κ3) is 3.71. The molecule has 1 saturated heterocycles. The summed E-state index contributed by atoms with van der Waals surface area (Å²) in [5, 5.41) is 12.6. The van der Waals surface area contributed by atoms with Crippen molar-refractivity contribution in [1.82, 2.24) is 14.5 Å². The molecule has 1 aliphatic heterocycles. The molecule has 3 heterocycles. The molecule has 1 fully saturated rings. The number of ketones is 1. The smallest absolute Gasteiger partial charge is 0.169 e. The molecule has 6 heteroatoms. The highest BCUT2D eigenvalue weighted by Gasteiger charge is 2.28. The van der Waals surface area contributed by atoms with E-state index in [1.54, 1.807) is 13.1 Å². The number of aromatic nitrogens is 2. The Kier molecular flexibility index (Phi) is 4.94. The first-order valence-electron chi connectivity index (χ1n) is 8.00. The predicted octanol–water partition coefficient (Wildman–Crippen LogP) is 2.63. The molecule has 2 aromatic heterocycles. The van der Waals surface area contributed by atoms with E-state index in [-0.39, 0.29) is 11.7 Å². The second kappa shape index (κ2) is 6.95. The Balaban J connectivity index is 1.54. The summed E-state index contributed by atoms with van der Waals surface area (Å²) in [4.78, 5) is 18.9. The molecule has 0 saturated carbocycles. The van der Waals surface area contributed by atoms with Crippen molar-refractivity contribution in [3.05, 3.63) is 40.1 Å². The van der Waals surface area contributed by atoms with Gasteiger partial charge < -0.3 is 9.67 Å². The Bertz CT molecular complexity index is 671. The van der Waals surface area contributed by atoms with Crippen molar-refractivity contribution in [2.24, 2.45) is 13.0 Å². The van der Waals surface area contributed by atoms with Crippen molar-refractivity contribution in [3.8, 4) is 0 Å². The number of aliphatic hydroxyl groups excluding tert-OH is 1. The largest absolute Gasteiger partial charge is 0.385 e. The number of thiophene rings is 1. The summed E-state index contributed by atoms with van der Waals surface area (Å²) >= 11 is 1.52. The van der Waals surface area contributed by atoms with E-state index in [4.69, 9.17) is 0 Å². The lowest BCUT2D eigenvalue weighted by atomic mass is 9.90. The van der Waals surface area contributed by atoms with Crippen LogP contribution in [0, 0.1) is 5.92 Å². The molecule has 1 atom stereocenters. The van der Waals surface area contributed by atoms with Crippen LogP contribution in [0.15, 0.2) is 23.8 Å². The van der Waals surface area contributed by atoms with Gasteiger partial charge in [-0.15, -0.1) is 11.3 Å². The molecule has 1 N–H and O–H groups in total. The fourth-order valence-corrected chi connectivity index (χ4v) is 4.01. The van der Waals surface area contributed by atoms with E-state index in [0.29, 0.717) is 0 Å². The maximum absolute atomic E-state index is 11.4. The summed E-state index contributed by atoms with van der Waals surface area (Å²) in [6, 6.07) is 2.00. The van der Waals surface area contributed by atoms with Gasteiger partial charge in [0.15, 0.2) is 5.78 Å². The Hall–Kier alpha value is -1.50. The lowest BCUT2D eigenvalue weighted by Gasteiger charge is -2.33. The highest BCUT2D eigenvalue weighted by atomic mass is 32.1. The molecule has 124 valence electrons. The number of Topliss-reactive ketones (excluding diaryl/α,β-unsaturated/α-hetero) is 1. The zero-order valence-electron chi connectivity index (χ0n) is 13.6. The highest BCUT2D eigenvalue weighted by molar-refractivity contribution is 7.12. The van der Waals surface area contributed by atoms with Crippen LogP contribution in [0.3, 0.4) is 0 Å². The Morgan fingerprint density at radius 3 is 2.78 bits per heavy atom. The highest BCUT2D eigenvalue weighted by Crippen LogP contribution is 2.30. The fourth-order valence-electron chi connectivity index (χ4n) is 3.20. The van der Waals surface area contributed by atoms with Crippen molar-refractivity contribution in [2.75, 3.05) is 13.1 Å². The van der Waals surface area contributed by atoms with Gasteiger partial charge in [0.05, 0.1) is 4.88 Å². The number of piperidine rings is 1. The zero-order chi connectivity index (χ0) is 16.4. The first kappa shape index (κ1) is 16.4. The Labute approximate surface area is 140 Å². The first-order valence-corrected chi connectivity index (χ1v) is 8.88. The van der Waals surface area contributed by atoms with Crippen LogP contribution in [0.25, 0.3) is 0 Å². The number of rotatable bonds is 5. The quantitative estimate of drug-likeness (QED) is 0.855. The van der Waals surface area contributed by atoms with E-state index in [0.717, 1.165) is 43.2 Å². The van der Waals surface area contributed by atoms with E-state index in [9.17, 15) is 9.90 Å². The van der Waals surface area contributed by atoms with Crippen LogP contribution in [0.4, 0.5) is 0 Å². The average Bonchev–Trinajstić information content (AvgIpc) is 3.16. The van der Waals surface area contributed by atoms with Crippen LogP contribution >= 0.6 is 11.3 Å². The van der Waals surface area contributed by atoms with E-state index >= 15 is 0 Å². The molecule has 2 aromatic rings. The molecule has 5 nitrogen and oxygen atoms in total. The monoisotopic (exact) mass is 333 g/mol. The minimum Gasteiger partial charge on any atom is -0.385 e. The molecule has 0 unspecified atom stereocenters. The summed E-state index contributed by atoms with van der Waals surface area (Å²) in [6.07, 6.45) is 5.06. The summed E-state index contributed by atoms with van der Waals surface area (Å²) < 4.78 is 1.89. The second-order valence-corrected chi connectivity index (χ2v) is 7.24. The third-order valence-corrected chi connectivity index (χ3v) is 5.69.